The molecule has 6 nitrogen and oxygen atoms in total. The monoisotopic (exact) mass is 362 g/mol. The Morgan fingerprint density at radius 3 is 2.30 bits per heavy atom. The Morgan fingerprint density at radius 2 is 1.63 bits per heavy atom. The fourth-order valence-electron chi connectivity index (χ4n) is 3.54. The first-order valence-electron chi connectivity index (χ1n) is 9.20. The zero-order valence-corrected chi connectivity index (χ0v) is 15.7. The van der Waals surface area contributed by atoms with Crippen molar-refractivity contribution in [1.29, 1.82) is 0 Å². The number of carbonyl (C=O) groups excluding carboxylic acids is 2. The average molecular weight is 362 g/mol. The van der Waals surface area contributed by atoms with E-state index in [0.29, 0.717) is 12.2 Å². The van der Waals surface area contributed by atoms with Crippen molar-refractivity contribution < 1.29 is 9.59 Å². The molecule has 2 aromatic carbocycles. The minimum atomic E-state index is -0.756. The van der Waals surface area contributed by atoms with Crippen molar-refractivity contribution in [2.45, 2.75) is 45.8 Å². The molecule has 1 fully saturated rings. The number of hydrogen-bond acceptors (Lipinski definition) is 5. The Hall–Kier alpha value is -3.02. The Morgan fingerprint density at radius 1 is 0.926 bits per heavy atom. The SMILES string of the molecule is CCc1ccc(CN2N=N[C@@H]3C(=O)N(c4ccc(C)c(C)c4)C(=O)[C@@H]32)cc1. The van der Waals surface area contributed by atoms with E-state index in [1.54, 1.807) is 5.01 Å². The summed E-state index contributed by atoms with van der Waals surface area (Å²) in [4.78, 5) is 27.1. The number of rotatable bonds is 4. The van der Waals surface area contributed by atoms with Gasteiger partial charge in [0.05, 0.1) is 12.2 Å². The maximum absolute atomic E-state index is 13.0. The van der Waals surface area contributed by atoms with Crippen molar-refractivity contribution in [3.05, 3.63) is 64.7 Å². The topological polar surface area (TPSA) is 65.3 Å². The first kappa shape index (κ1) is 17.4. The molecule has 0 N–H and O–H groups in total. The molecule has 0 aliphatic carbocycles. The molecule has 2 amide bonds. The summed E-state index contributed by atoms with van der Waals surface area (Å²) in [6, 6.07) is 12.4. The highest BCUT2D eigenvalue weighted by Gasteiger charge is 2.54. The molecule has 2 aliphatic rings. The van der Waals surface area contributed by atoms with E-state index in [0.717, 1.165) is 23.1 Å². The van der Waals surface area contributed by atoms with Crippen LogP contribution < -0.4 is 4.90 Å². The number of amides is 2. The predicted octanol–water partition coefficient (Wildman–Crippen LogP) is 3.36. The lowest BCUT2D eigenvalue weighted by Gasteiger charge is -2.21. The third-order valence-electron chi connectivity index (χ3n) is 5.38. The predicted molar refractivity (Wildman–Crippen MR) is 102 cm³/mol. The number of fused-ring (bicyclic) bond motifs is 1. The molecule has 2 aromatic rings. The third-order valence-corrected chi connectivity index (χ3v) is 5.38. The van der Waals surface area contributed by atoms with Crippen molar-refractivity contribution in [3.8, 4) is 0 Å². The zero-order valence-electron chi connectivity index (χ0n) is 15.7. The number of benzene rings is 2. The second-order valence-corrected chi connectivity index (χ2v) is 7.14. The van der Waals surface area contributed by atoms with Gasteiger partial charge in [-0.25, -0.2) is 4.90 Å². The van der Waals surface area contributed by atoms with Gasteiger partial charge in [-0.3, -0.25) is 14.6 Å². The Bertz CT molecular complexity index is 936. The smallest absolute Gasteiger partial charge is 0.263 e. The molecule has 0 unspecified atom stereocenters. The summed E-state index contributed by atoms with van der Waals surface area (Å²) in [6.07, 6.45) is 0.978. The summed E-state index contributed by atoms with van der Waals surface area (Å²) in [5.41, 5.74) is 5.06. The normalized spacial score (nSPS) is 21.3. The standard InChI is InChI=1S/C21H22N4O2/c1-4-15-6-8-16(9-7-15)12-24-19-18(22-23-24)20(26)25(21(19)27)17-10-5-13(2)14(3)11-17/h5-11,18-19H,4,12H2,1-3H3/t18-,19+/m0/s1. The van der Waals surface area contributed by atoms with E-state index < -0.39 is 12.1 Å². The van der Waals surface area contributed by atoms with Crippen LogP contribution in [0.5, 0.6) is 0 Å². The summed E-state index contributed by atoms with van der Waals surface area (Å²) < 4.78 is 0. The maximum atomic E-state index is 13.0. The van der Waals surface area contributed by atoms with Gasteiger partial charge in [-0.15, -0.1) is 0 Å². The van der Waals surface area contributed by atoms with E-state index in [1.807, 2.05) is 44.2 Å². The molecular formula is C21H22N4O2. The van der Waals surface area contributed by atoms with Gasteiger partial charge in [0.15, 0.2) is 12.1 Å². The zero-order chi connectivity index (χ0) is 19.1. The van der Waals surface area contributed by atoms with Gasteiger partial charge in [-0.05, 0) is 54.7 Å². The van der Waals surface area contributed by atoms with Crippen LogP contribution >= 0.6 is 0 Å². The molecule has 1 saturated heterocycles. The average Bonchev–Trinajstić information content (AvgIpc) is 3.18. The Labute approximate surface area is 158 Å². The van der Waals surface area contributed by atoms with Crippen LogP contribution in [0.4, 0.5) is 5.69 Å². The molecule has 0 radical (unpaired) electrons. The molecule has 138 valence electrons. The molecule has 0 spiro atoms. The van der Waals surface area contributed by atoms with E-state index in [9.17, 15) is 9.59 Å². The van der Waals surface area contributed by atoms with E-state index in [-0.39, 0.29) is 11.8 Å². The first-order valence-corrected chi connectivity index (χ1v) is 9.20. The second-order valence-electron chi connectivity index (χ2n) is 7.14. The van der Waals surface area contributed by atoms with Crippen LogP contribution in [0.15, 0.2) is 52.8 Å². The van der Waals surface area contributed by atoms with Gasteiger partial charge in [-0.1, -0.05) is 42.5 Å². The van der Waals surface area contributed by atoms with E-state index in [1.165, 1.54) is 10.5 Å². The number of imide groups is 1. The van der Waals surface area contributed by atoms with Gasteiger partial charge in [0.25, 0.3) is 11.8 Å². The minimum absolute atomic E-state index is 0.261. The summed E-state index contributed by atoms with van der Waals surface area (Å²) in [6.45, 7) is 6.53. The Kier molecular flexibility index (Phi) is 4.26. The number of aryl methyl sites for hydroxylation is 3. The number of hydrogen-bond donors (Lipinski definition) is 0. The minimum Gasteiger partial charge on any atom is -0.271 e. The van der Waals surface area contributed by atoms with Gasteiger partial charge in [0.2, 0.25) is 0 Å². The second kappa shape index (κ2) is 6.61. The molecule has 0 aromatic heterocycles. The van der Waals surface area contributed by atoms with Crippen molar-refractivity contribution in [2.24, 2.45) is 10.3 Å². The summed E-state index contributed by atoms with van der Waals surface area (Å²) in [5, 5.41) is 9.84. The summed E-state index contributed by atoms with van der Waals surface area (Å²) >= 11 is 0. The van der Waals surface area contributed by atoms with Crippen molar-refractivity contribution in [2.75, 3.05) is 4.90 Å². The van der Waals surface area contributed by atoms with Crippen LogP contribution in [0.2, 0.25) is 0 Å². The number of nitrogens with zero attached hydrogens (tertiary/aromatic N) is 4. The van der Waals surface area contributed by atoms with Crippen LogP contribution in [0.3, 0.4) is 0 Å². The van der Waals surface area contributed by atoms with Crippen molar-refractivity contribution in [1.82, 2.24) is 5.01 Å². The number of anilines is 1. The largest absolute Gasteiger partial charge is 0.271 e. The molecule has 2 aliphatic heterocycles. The first-order chi connectivity index (χ1) is 13.0. The molecule has 2 heterocycles. The lowest BCUT2D eigenvalue weighted by Crippen LogP contribution is -2.39. The van der Waals surface area contributed by atoms with Gasteiger partial charge in [0.1, 0.15) is 0 Å². The van der Waals surface area contributed by atoms with Crippen LogP contribution in [0.1, 0.15) is 29.2 Å². The van der Waals surface area contributed by atoms with Gasteiger partial charge in [-0.2, -0.15) is 5.11 Å². The van der Waals surface area contributed by atoms with Crippen molar-refractivity contribution in [3.63, 3.8) is 0 Å². The van der Waals surface area contributed by atoms with Crippen LogP contribution in [0, 0.1) is 13.8 Å². The fourth-order valence-corrected chi connectivity index (χ4v) is 3.54. The molecular weight excluding hydrogens is 340 g/mol. The molecule has 4 rings (SSSR count). The summed E-state index contributed by atoms with van der Waals surface area (Å²) in [7, 11) is 0. The van der Waals surface area contributed by atoms with E-state index >= 15 is 0 Å². The van der Waals surface area contributed by atoms with Crippen LogP contribution in [-0.2, 0) is 22.6 Å². The molecule has 2 atom stereocenters. The van der Waals surface area contributed by atoms with E-state index in [4.69, 9.17) is 0 Å². The highest BCUT2D eigenvalue weighted by Crippen LogP contribution is 2.33. The number of carbonyl (C=O) groups is 2. The van der Waals surface area contributed by atoms with Crippen LogP contribution in [0.25, 0.3) is 0 Å². The summed E-state index contributed by atoms with van der Waals surface area (Å²) in [5.74, 6) is -0.565. The van der Waals surface area contributed by atoms with E-state index in [2.05, 4.69) is 29.4 Å². The lowest BCUT2D eigenvalue weighted by molar-refractivity contribution is -0.123. The fraction of sp³-hybridized carbons (Fsp3) is 0.333. The maximum Gasteiger partial charge on any atom is 0.263 e. The van der Waals surface area contributed by atoms with Gasteiger partial charge < -0.3 is 0 Å². The van der Waals surface area contributed by atoms with Gasteiger partial charge >= 0.3 is 0 Å². The molecule has 0 saturated carbocycles. The highest BCUT2D eigenvalue weighted by molar-refractivity contribution is 6.25. The third kappa shape index (κ3) is 2.91. The lowest BCUT2D eigenvalue weighted by atomic mass is 10.1. The van der Waals surface area contributed by atoms with Crippen LogP contribution in [-0.4, -0.2) is 28.9 Å². The highest BCUT2D eigenvalue weighted by atomic mass is 16.2. The quantitative estimate of drug-likeness (QED) is 0.784. The molecule has 27 heavy (non-hydrogen) atoms. The Balaban J connectivity index is 1.58. The van der Waals surface area contributed by atoms with Crippen molar-refractivity contribution >= 4 is 17.5 Å². The molecule has 0 bridgehead atoms. The van der Waals surface area contributed by atoms with Gasteiger partial charge in [0, 0.05) is 0 Å². The molecule has 6 heteroatoms.